The molecule has 19 heavy (non-hydrogen) atoms. The van der Waals surface area contributed by atoms with Crippen LogP contribution in [0.3, 0.4) is 0 Å². The van der Waals surface area contributed by atoms with Gasteiger partial charge < -0.3 is 5.32 Å². The first-order chi connectivity index (χ1) is 9.38. The van der Waals surface area contributed by atoms with Crippen molar-refractivity contribution < 1.29 is 0 Å². The molecule has 2 aliphatic rings. The van der Waals surface area contributed by atoms with Crippen LogP contribution in [0.5, 0.6) is 0 Å². The fourth-order valence-corrected chi connectivity index (χ4v) is 3.35. The van der Waals surface area contributed by atoms with Gasteiger partial charge in [-0.05, 0) is 61.6 Å². The zero-order valence-corrected chi connectivity index (χ0v) is 12.2. The second kappa shape index (κ2) is 6.09. The van der Waals surface area contributed by atoms with Gasteiger partial charge in [0.25, 0.3) is 0 Å². The van der Waals surface area contributed by atoms with E-state index in [0.717, 1.165) is 18.4 Å². The molecule has 0 amide bonds. The fraction of sp³-hybridized carbons (Fsp3) is 0.667. The van der Waals surface area contributed by atoms with E-state index in [1.54, 1.807) is 5.56 Å². The molecule has 2 aliphatic carbocycles. The molecule has 0 radical (unpaired) electrons. The van der Waals surface area contributed by atoms with Crippen LogP contribution in [0.4, 0.5) is 0 Å². The van der Waals surface area contributed by atoms with E-state index in [0.29, 0.717) is 6.04 Å². The van der Waals surface area contributed by atoms with Crippen molar-refractivity contribution in [1.82, 2.24) is 5.32 Å². The highest BCUT2D eigenvalue weighted by Crippen LogP contribution is 2.39. The van der Waals surface area contributed by atoms with Crippen molar-refractivity contribution in [1.29, 1.82) is 0 Å². The Balaban J connectivity index is 1.69. The van der Waals surface area contributed by atoms with Gasteiger partial charge in [0.05, 0.1) is 0 Å². The second-order valence-corrected chi connectivity index (χ2v) is 6.42. The molecular weight excluding hydrogens is 230 g/mol. The van der Waals surface area contributed by atoms with Crippen LogP contribution in [0, 0.1) is 5.92 Å². The van der Waals surface area contributed by atoms with Gasteiger partial charge in [-0.15, -0.1) is 0 Å². The van der Waals surface area contributed by atoms with Crippen molar-refractivity contribution in [2.24, 2.45) is 5.92 Å². The molecule has 1 N–H and O–H groups in total. The first-order valence-electron chi connectivity index (χ1n) is 8.21. The zero-order chi connectivity index (χ0) is 13.1. The van der Waals surface area contributed by atoms with Crippen molar-refractivity contribution in [3.63, 3.8) is 0 Å². The Hall–Kier alpha value is -0.820. The molecule has 0 bridgehead atoms. The summed E-state index contributed by atoms with van der Waals surface area (Å²) in [6.45, 7) is 3.40. The maximum absolute atomic E-state index is 3.76. The first-order valence-corrected chi connectivity index (χ1v) is 8.21. The van der Waals surface area contributed by atoms with Crippen molar-refractivity contribution in [2.45, 2.75) is 63.8 Å². The highest BCUT2D eigenvalue weighted by molar-refractivity contribution is 5.29. The van der Waals surface area contributed by atoms with E-state index in [9.17, 15) is 0 Å². The summed E-state index contributed by atoms with van der Waals surface area (Å²) in [6, 6.07) is 10.2. The van der Waals surface area contributed by atoms with Gasteiger partial charge in [0, 0.05) is 6.04 Å². The Kier molecular flexibility index (Phi) is 4.22. The lowest BCUT2D eigenvalue weighted by molar-refractivity contribution is 0.231. The number of rotatable bonds is 6. The predicted molar refractivity (Wildman–Crippen MR) is 81.4 cm³/mol. The third-order valence-corrected chi connectivity index (χ3v) is 5.11. The molecule has 0 aromatic heterocycles. The lowest BCUT2D eigenvalue weighted by atomic mass is 9.76. The second-order valence-electron chi connectivity index (χ2n) is 6.42. The van der Waals surface area contributed by atoms with Crippen LogP contribution >= 0.6 is 0 Å². The third-order valence-electron chi connectivity index (χ3n) is 5.11. The van der Waals surface area contributed by atoms with E-state index in [1.165, 1.54) is 50.5 Å². The number of nitrogens with one attached hydrogen (secondary N) is 1. The molecule has 1 atom stereocenters. The van der Waals surface area contributed by atoms with Crippen LogP contribution in [0.2, 0.25) is 0 Å². The summed E-state index contributed by atoms with van der Waals surface area (Å²) in [5, 5.41) is 3.76. The summed E-state index contributed by atoms with van der Waals surface area (Å²) in [7, 11) is 0. The standard InChI is InChI=1S/C18H27N/c1-2-13-19-18(16-7-4-8-16)17-11-9-15(10-12-17)14-5-3-6-14/h9-12,14,16,18-19H,2-8,13H2,1H3. The molecule has 0 spiro atoms. The van der Waals surface area contributed by atoms with Crippen LogP contribution in [0.1, 0.15) is 75.0 Å². The lowest BCUT2D eigenvalue weighted by Gasteiger charge is -2.35. The van der Waals surface area contributed by atoms with E-state index < -0.39 is 0 Å². The molecule has 0 saturated heterocycles. The van der Waals surface area contributed by atoms with Crippen molar-refractivity contribution in [3.05, 3.63) is 35.4 Å². The SMILES string of the molecule is CCCNC(c1ccc(C2CCC2)cc1)C1CCC1. The molecule has 0 aliphatic heterocycles. The minimum Gasteiger partial charge on any atom is -0.310 e. The van der Waals surface area contributed by atoms with Crippen LogP contribution in [-0.2, 0) is 0 Å². The maximum Gasteiger partial charge on any atom is 0.0348 e. The van der Waals surface area contributed by atoms with Gasteiger partial charge in [-0.3, -0.25) is 0 Å². The smallest absolute Gasteiger partial charge is 0.0348 e. The Labute approximate surface area is 117 Å². The molecule has 1 heteroatoms. The Bertz CT molecular complexity index is 387. The number of hydrogen-bond donors (Lipinski definition) is 1. The first kappa shape index (κ1) is 13.2. The van der Waals surface area contributed by atoms with Gasteiger partial charge in [0.2, 0.25) is 0 Å². The molecule has 2 fully saturated rings. The highest BCUT2D eigenvalue weighted by atomic mass is 14.9. The highest BCUT2D eigenvalue weighted by Gasteiger charge is 2.28. The molecule has 1 aromatic carbocycles. The largest absolute Gasteiger partial charge is 0.310 e. The van der Waals surface area contributed by atoms with E-state index in [1.807, 2.05) is 0 Å². The molecule has 0 heterocycles. The average molecular weight is 257 g/mol. The minimum atomic E-state index is 0.601. The Morgan fingerprint density at radius 3 is 2.21 bits per heavy atom. The van der Waals surface area contributed by atoms with Crippen LogP contribution in [0.25, 0.3) is 0 Å². The van der Waals surface area contributed by atoms with E-state index in [-0.39, 0.29) is 0 Å². The van der Waals surface area contributed by atoms with Gasteiger partial charge in [0.15, 0.2) is 0 Å². The number of benzene rings is 1. The van der Waals surface area contributed by atoms with Crippen LogP contribution < -0.4 is 5.32 Å². The van der Waals surface area contributed by atoms with E-state index >= 15 is 0 Å². The van der Waals surface area contributed by atoms with Gasteiger partial charge >= 0.3 is 0 Å². The summed E-state index contributed by atoms with van der Waals surface area (Å²) in [5.74, 6) is 1.74. The molecule has 2 saturated carbocycles. The van der Waals surface area contributed by atoms with Gasteiger partial charge in [-0.25, -0.2) is 0 Å². The normalized spacial score (nSPS) is 21.7. The average Bonchev–Trinajstić information content (AvgIpc) is 2.31. The molecule has 1 unspecified atom stereocenters. The predicted octanol–water partition coefficient (Wildman–Crippen LogP) is 4.79. The summed E-state index contributed by atoms with van der Waals surface area (Å²) in [4.78, 5) is 0. The van der Waals surface area contributed by atoms with Crippen molar-refractivity contribution >= 4 is 0 Å². The third kappa shape index (κ3) is 2.86. The van der Waals surface area contributed by atoms with Crippen LogP contribution in [0.15, 0.2) is 24.3 Å². The lowest BCUT2D eigenvalue weighted by Crippen LogP contribution is -2.32. The topological polar surface area (TPSA) is 12.0 Å². The van der Waals surface area contributed by atoms with E-state index in [2.05, 4.69) is 36.5 Å². The quantitative estimate of drug-likeness (QED) is 0.772. The summed E-state index contributed by atoms with van der Waals surface area (Å²) >= 11 is 0. The molecular formula is C18H27N. The van der Waals surface area contributed by atoms with Crippen LogP contribution in [-0.4, -0.2) is 6.54 Å². The van der Waals surface area contributed by atoms with Crippen molar-refractivity contribution in [3.8, 4) is 0 Å². The Morgan fingerprint density at radius 2 is 1.74 bits per heavy atom. The molecule has 3 rings (SSSR count). The zero-order valence-electron chi connectivity index (χ0n) is 12.2. The fourth-order valence-electron chi connectivity index (χ4n) is 3.35. The van der Waals surface area contributed by atoms with Gasteiger partial charge in [0.1, 0.15) is 0 Å². The summed E-state index contributed by atoms with van der Waals surface area (Å²) < 4.78 is 0. The van der Waals surface area contributed by atoms with Gasteiger partial charge in [-0.1, -0.05) is 44.0 Å². The summed E-state index contributed by atoms with van der Waals surface area (Å²) in [6.07, 6.45) is 9.70. The van der Waals surface area contributed by atoms with Gasteiger partial charge in [-0.2, -0.15) is 0 Å². The minimum absolute atomic E-state index is 0.601. The monoisotopic (exact) mass is 257 g/mol. The molecule has 104 valence electrons. The van der Waals surface area contributed by atoms with E-state index in [4.69, 9.17) is 0 Å². The molecule has 1 aromatic rings. The number of hydrogen-bond acceptors (Lipinski definition) is 1. The Morgan fingerprint density at radius 1 is 1.05 bits per heavy atom. The maximum atomic E-state index is 3.76. The molecule has 1 nitrogen and oxygen atoms in total. The van der Waals surface area contributed by atoms with Crippen molar-refractivity contribution in [2.75, 3.05) is 6.54 Å². The summed E-state index contributed by atoms with van der Waals surface area (Å²) in [5.41, 5.74) is 3.08.